The monoisotopic (exact) mass is 316 g/mol. The molecule has 1 aromatic rings. The van der Waals surface area contributed by atoms with Gasteiger partial charge in [0.05, 0.1) is 5.88 Å². The van der Waals surface area contributed by atoms with Crippen molar-refractivity contribution in [2.24, 2.45) is 5.92 Å². The van der Waals surface area contributed by atoms with Gasteiger partial charge < -0.3 is 4.57 Å². The van der Waals surface area contributed by atoms with Gasteiger partial charge in [-0.3, -0.25) is 0 Å². The third-order valence-electron chi connectivity index (χ3n) is 4.45. The van der Waals surface area contributed by atoms with Crippen LogP contribution in [0.5, 0.6) is 0 Å². The molecule has 1 aliphatic heterocycles. The Kier molecular flexibility index (Phi) is 3.86. The van der Waals surface area contributed by atoms with Gasteiger partial charge in [-0.25, -0.2) is 8.42 Å². The first-order valence-electron chi connectivity index (χ1n) is 7.33. The molecule has 0 radical (unpaired) electrons. The summed E-state index contributed by atoms with van der Waals surface area (Å²) in [5.41, 5.74) is 0.916. The van der Waals surface area contributed by atoms with Crippen molar-refractivity contribution >= 4 is 21.6 Å². The Balaban J connectivity index is 1.87. The lowest BCUT2D eigenvalue weighted by Crippen LogP contribution is -2.28. The van der Waals surface area contributed by atoms with Crippen LogP contribution in [-0.4, -0.2) is 30.4 Å². The Hall–Kier alpha value is -0.520. The van der Waals surface area contributed by atoms with Crippen LogP contribution in [0.4, 0.5) is 0 Å². The van der Waals surface area contributed by atoms with Crippen molar-refractivity contribution in [2.45, 2.75) is 49.4 Å². The third kappa shape index (κ3) is 2.51. The maximum atomic E-state index is 12.7. The van der Waals surface area contributed by atoms with Crippen molar-refractivity contribution in [3.63, 3.8) is 0 Å². The average molecular weight is 317 g/mol. The van der Waals surface area contributed by atoms with Gasteiger partial charge in [0.2, 0.25) is 10.0 Å². The van der Waals surface area contributed by atoms with Gasteiger partial charge in [-0.15, -0.1) is 11.6 Å². The van der Waals surface area contributed by atoms with E-state index in [0.717, 1.165) is 31.4 Å². The summed E-state index contributed by atoms with van der Waals surface area (Å²) in [5.74, 6) is 0.867. The molecule has 0 bridgehead atoms. The molecule has 6 heteroatoms. The molecule has 1 aromatic heterocycles. The first-order valence-corrected chi connectivity index (χ1v) is 9.30. The highest BCUT2D eigenvalue weighted by atomic mass is 35.5. The zero-order valence-electron chi connectivity index (χ0n) is 11.8. The fourth-order valence-corrected chi connectivity index (χ4v) is 4.73. The van der Waals surface area contributed by atoms with Crippen LogP contribution in [0, 0.1) is 5.92 Å². The topological polar surface area (TPSA) is 42.3 Å². The zero-order chi connectivity index (χ0) is 14.3. The van der Waals surface area contributed by atoms with Crippen LogP contribution in [0.1, 0.15) is 44.3 Å². The van der Waals surface area contributed by atoms with Gasteiger partial charge >= 0.3 is 0 Å². The molecule has 2 fully saturated rings. The van der Waals surface area contributed by atoms with Crippen LogP contribution in [0.15, 0.2) is 17.2 Å². The van der Waals surface area contributed by atoms with Gasteiger partial charge in [0.15, 0.2) is 0 Å². The zero-order valence-corrected chi connectivity index (χ0v) is 13.3. The van der Waals surface area contributed by atoms with Gasteiger partial charge in [0, 0.05) is 31.0 Å². The highest BCUT2D eigenvalue weighted by Gasteiger charge is 2.34. The predicted octanol–water partition coefficient (Wildman–Crippen LogP) is 2.98. The number of hydrogen-bond donors (Lipinski definition) is 0. The number of alkyl halides is 1. The second-order valence-corrected chi connectivity index (χ2v) is 8.07. The minimum Gasteiger partial charge on any atom is -0.346 e. The van der Waals surface area contributed by atoms with E-state index in [2.05, 4.69) is 6.92 Å². The van der Waals surface area contributed by atoms with E-state index in [0.29, 0.717) is 35.8 Å². The van der Waals surface area contributed by atoms with Gasteiger partial charge in [-0.2, -0.15) is 4.31 Å². The SMILES string of the molecule is CCC1CCN(S(=O)(=O)c2cc(CCl)n(C3CC3)c2)C1. The predicted molar refractivity (Wildman–Crippen MR) is 79.4 cm³/mol. The number of nitrogens with zero attached hydrogens (tertiary/aromatic N) is 2. The normalized spacial score (nSPS) is 24.4. The fraction of sp³-hybridized carbons (Fsp3) is 0.714. The maximum Gasteiger partial charge on any atom is 0.244 e. The molecule has 1 aliphatic carbocycles. The number of rotatable bonds is 5. The molecule has 0 aromatic carbocycles. The van der Waals surface area contributed by atoms with Crippen molar-refractivity contribution in [1.29, 1.82) is 0 Å². The molecule has 20 heavy (non-hydrogen) atoms. The summed E-state index contributed by atoms with van der Waals surface area (Å²) < 4.78 is 29.1. The lowest BCUT2D eigenvalue weighted by molar-refractivity contribution is 0.453. The summed E-state index contributed by atoms with van der Waals surface area (Å²) in [6, 6.07) is 2.20. The van der Waals surface area contributed by atoms with Crippen LogP contribution in [0.3, 0.4) is 0 Å². The smallest absolute Gasteiger partial charge is 0.244 e. The first kappa shape index (κ1) is 14.4. The van der Waals surface area contributed by atoms with Crippen LogP contribution in [-0.2, 0) is 15.9 Å². The van der Waals surface area contributed by atoms with E-state index in [9.17, 15) is 8.42 Å². The summed E-state index contributed by atoms with van der Waals surface area (Å²) >= 11 is 5.94. The van der Waals surface area contributed by atoms with Crippen molar-refractivity contribution in [2.75, 3.05) is 13.1 Å². The number of aromatic nitrogens is 1. The summed E-state index contributed by atoms with van der Waals surface area (Å²) in [4.78, 5) is 0.414. The largest absolute Gasteiger partial charge is 0.346 e. The first-order chi connectivity index (χ1) is 9.56. The standard InChI is InChI=1S/C14H21ClN2O2S/c1-2-11-5-6-16(9-11)20(18,19)14-7-13(8-15)17(10-14)12-3-4-12/h7,10-12H,2-6,8-9H2,1H3. The van der Waals surface area contributed by atoms with Crippen LogP contribution in [0.25, 0.3) is 0 Å². The van der Waals surface area contributed by atoms with Gasteiger partial charge in [-0.1, -0.05) is 13.3 Å². The minimum absolute atomic E-state index is 0.365. The lowest BCUT2D eigenvalue weighted by Gasteiger charge is -2.15. The highest BCUT2D eigenvalue weighted by molar-refractivity contribution is 7.89. The van der Waals surface area contributed by atoms with E-state index in [1.165, 1.54) is 0 Å². The van der Waals surface area contributed by atoms with Crippen LogP contribution in [0.2, 0.25) is 0 Å². The molecule has 3 rings (SSSR count). The van der Waals surface area contributed by atoms with Gasteiger partial charge in [0.25, 0.3) is 0 Å². The maximum absolute atomic E-state index is 12.7. The lowest BCUT2D eigenvalue weighted by atomic mass is 10.1. The van der Waals surface area contributed by atoms with Crippen molar-refractivity contribution in [1.82, 2.24) is 8.87 Å². The number of hydrogen-bond acceptors (Lipinski definition) is 2. The van der Waals surface area contributed by atoms with Crippen LogP contribution >= 0.6 is 11.6 Å². The Labute approximate surface area is 125 Å². The fourth-order valence-electron chi connectivity index (χ4n) is 2.94. The molecule has 0 spiro atoms. The van der Waals surface area contributed by atoms with E-state index in [4.69, 9.17) is 11.6 Å². The van der Waals surface area contributed by atoms with Crippen LogP contribution < -0.4 is 0 Å². The Morgan fingerprint density at radius 1 is 1.35 bits per heavy atom. The molecule has 1 saturated heterocycles. The van der Waals surface area contributed by atoms with E-state index in [1.807, 2.05) is 4.57 Å². The van der Waals surface area contributed by atoms with E-state index < -0.39 is 10.0 Å². The number of sulfonamides is 1. The molecule has 1 atom stereocenters. The van der Waals surface area contributed by atoms with Gasteiger partial charge in [0.1, 0.15) is 4.90 Å². The summed E-state index contributed by atoms with van der Waals surface area (Å²) in [5, 5.41) is 0. The Morgan fingerprint density at radius 2 is 2.10 bits per heavy atom. The highest BCUT2D eigenvalue weighted by Crippen LogP contribution is 2.38. The molecule has 112 valence electrons. The minimum atomic E-state index is -3.35. The average Bonchev–Trinajstić information content (AvgIpc) is 3.01. The van der Waals surface area contributed by atoms with E-state index in [-0.39, 0.29) is 0 Å². The molecule has 2 heterocycles. The van der Waals surface area contributed by atoms with E-state index >= 15 is 0 Å². The Bertz CT molecular complexity index is 592. The van der Waals surface area contributed by atoms with E-state index in [1.54, 1.807) is 16.6 Å². The summed E-state index contributed by atoms with van der Waals surface area (Å²) in [7, 11) is -3.35. The molecule has 4 nitrogen and oxygen atoms in total. The molecule has 2 aliphatic rings. The van der Waals surface area contributed by atoms with Crippen molar-refractivity contribution in [3.05, 3.63) is 18.0 Å². The van der Waals surface area contributed by atoms with Crippen molar-refractivity contribution < 1.29 is 8.42 Å². The number of halogens is 1. The van der Waals surface area contributed by atoms with Gasteiger partial charge in [-0.05, 0) is 31.2 Å². The summed E-state index contributed by atoms with van der Waals surface area (Å²) in [6.45, 7) is 3.42. The molecule has 1 saturated carbocycles. The molecule has 0 amide bonds. The second kappa shape index (κ2) is 5.35. The second-order valence-electron chi connectivity index (χ2n) is 5.87. The Morgan fingerprint density at radius 3 is 2.65 bits per heavy atom. The molecule has 0 N–H and O–H groups in total. The quantitative estimate of drug-likeness (QED) is 0.784. The van der Waals surface area contributed by atoms with Crippen molar-refractivity contribution in [3.8, 4) is 0 Å². The summed E-state index contributed by atoms with van der Waals surface area (Å²) in [6.07, 6.45) is 6.05. The molecule has 1 unspecified atom stereocenters. The molecular formula is C14H21ClN2O2S. The third-order valence-corrected chi connectivity index (χ3v) is 6.55. The molecular weight excluding hydrogens is 296 g/mol.